The number of methoxy groups -OCH3 is 1. The van der Waals surface area contributed by atoms with Crippen LogP contribution >= 0.6 is 0 Å². The summed E-state index contributed by atoms with van der Waals surface area (Å²) in [5.74, 6) is 0.455. The molecule has 3 aromatic carbocycles. The van der Waals surface area contributed by atoms with E-state index >= 15 is 0 Å². The van der Waals surface area contributed by atoms with Crippen molar-refractivity contribution >= 4 is 27.3 Å². The lowest BCUT2D eigenvalue weighted by Gasteiger charge is -2.33. The van der Waals surface area contributed by atoms with Crippen LogP contribution in [0.5, 0.6) is 5.75 Å². The van der Waals surface area contributed by atoms with Crippen molar-refractivity contribution in [3.8, 4) is 5.75 Å². The lowest BCUT2D eigenvalue weighted by Crippen LogP contribution is -2.36. The fourth-order valence-electron chi connectivity index (χ4n) is 4.80. The predicted octanol–water partition coefficient (Wildman–Crippen LogP) is 4.60. The molecule has 0 fully saturated rings. The van der Waals surface area contributed by atoms with Crippen molar-refractivity contribution in [2.45, 2.75) is 30.6 Å². The highest BCUT2D eigenvalue weighted by atomic mass is 32.2. The van der Waals surface area contributed by atoms with E-state index in [2.05, 4.69) is 6.92 Å². The van der Waals surface area contributed by atoms with E-state index in [0.717, 1.165) is 23.2 Å². The van der Waals surface area contributed by atoms with Gasteiger partial charge < -0.3 is 9.64 Å². The number of carbonyl (C=O) groups is 1. The minimum Gasteiger partial charge on any atom is -0.496 e. The van der Waals surface area contributed by atoms with Gasteiger partial charge in [0.2, 0.25) is 0 Å². The van der Waals surface area contributed by atoms with Gasteiger partial charge in [-0.25, -0.2) is 8.42 Å². The van der Waals surface area contributed by atoms with Crippen LogP contribution in [0.2, 0.25) is 0 Å². The summed E-state index contributed by atoms with van der Waals surface area (Å²) in [4.78, 5) is 15.5. The number of para-hydroxylation sites is 2. The quantitative estimate of drug-likeness (QED) is 0.568. The number of nitrogens with zero attached hydrogens (tertiary/aromatic N) is 2. The van der Waals surface area contributed by atoms with Crippen LogP contribution in [0.3, 0.4) is 0 Å². The predicted molar refractivity (Wildman–Crippen MR) is 129 cm³/mol. The van der Waals surface area contributed by atoms with Crippen LogP contribution in [0.15, 0.2) is 71.6 Å². The van der Waals surface area contributed by atoms with Gasteiger partial charge in [0.15, 0.2) is 0 Å². The Kier molecular flexibility index (Phi) is 5.37. The highest BCUT2D eigenvalue weighted by molar-refractivity contribution is 7.92. The zero-order valence-electron chi connectivity index (χ0n) is 18.7. The van der Waals surface area contributed by atoms with Crippen LogP contribution in [0.25, 0.3) is 0 Å². The smallest absolute Gasteiger partial charge is 0.264 e. The molecule has 0 N–H and O–H groups in total. The summed E-state index contributed by atoms with van der Waals surface area (Å²) >= 11 is 0. The second-order valence-electron chi connectivity index (χ2n) is 8.52. The molecule has 0 saturated carbocycles. The van der Waals surface area contributed by atoms with Crippen molar-refractivity contribution in [1.29, 1.82) is 0 Å². The van der Waals surface area contributed by atoms with Gasteiger partial charge in [-0.3, -0.25) is 9.10 Å². The molecule has 1 unspecified atom stereocenters. The van der Waals surface area contributed by atoms with Crippen LogP contribution in [-0.4, -0.2) is 34.5 Å². The van der Waals surface area contributed by atoms with Crippen LogP contribution in [0.4, 0.5) is 11.4 Å². The first-order valence-electron chi connectivity index (χ1n) is 11.1. The Hall–Kier alpha value is -3.32. The van der Waals surface area contributed by atoms with E-state index in [4.69, 9.17) is 4.74 Å². The van der Waals surface area contributed by atoms with Gasteiger partial charge >= 0.3 is 0 Å². The first kappa shape index (κ1) is 21.5. The first-order chi connectivity index (χ1) is 15.9. The molecule has 2 aliphatic rings. The molecule has 2 heterocycles. The van der Waals surface area contributed by atoms with Gasteiger partial charge in [-0.05, 0) is 60.2 Å². The molecular formula is C26H26N2O4S. The summed E-state index contributed by atoms with van der Waals surface area (Å²) in [6.07, 6.45) is 1.51. The van der Waals surface area contributed by atoms with E-state index in [9.17, 15) is 13.2 Å². The Labute approximate surface area is 194 Å². The standard InChI is InChI=1S/C26H26N2O4S/c1-18-13-15-27(24-10-6-4-8-21(18)24)26(29)22-17-20(11-12-25(22)32-2)33(30,31)28-16-14-19-7-3-5-9-23(19)28/h3-12,17-18H,13-16H2,1-2H3. The summed E-state index contributed by atoms with van der Waals surface area (Å²) < 4.78 is 34.0. The molecule has 0 saturated heterocycles. The van der Waals surface area contributed by atoms with Crippen LogP contribution < -0.4 is 13.9 Å². The van der Waals surface area contributed by atoms with Gasteiger partial charge in [-0.2, -0.15) is 0 Å². The number of fused-ring (bicyclic) bond motifs is 2. The largest absolute Gasteiger partial charge is 0.496 e. The van der Waals surface area contributed by atoms with Crippen LogP contribution in [-0.2, 0) is 16.4 Å². The Morgan fingerprint density at radius 2 is 1.70 bits per heavy atom. The molecule has 0 bridgehead atoms. The average molecular weight is 463 g/mol. The fourth-order valence-corrected chi connectivity index (χ4v) is 6.33. The summed E-state index contributed by atoms with van der Waals surface area (Å²) in [5, 5.41) is 0. The molecule has 5 rings (SSSR count). The number of hydrogen-bond acceptors (Lipinski definition) is 4. The second kappa shape index (κ2) is 8.23. The maximum Gasteiger partial charge on any atom is 0.264 e. The number of benzene rings is 3. The van der Waals surface area contributed by atoms with Crippen molar-refractivity contribution in [2.24, 2.45) is 0 Å². The van der Waals surface area contributed by atoms with Crippen LogP contribution in [0.1, 0.15) is 40.7 Å². The summed E-state index contributed by atoms with van der Waals surface area (Å²) in [6.45, 7) is 3.10. The maximum absolute atomic E-state index is 13.7. The molecule has 0 radical (unpaired) electrons. The van der Waals surface area contributed by atoms with E-state index in [1.165, 1.54) is 23.5 Å². The molecular weight excluding hydrogens is 436 g/mol. The number of rotatable bonds is 4. The Morgan fingerprint density at radius 1 is 0.970 bits per heavy atom. The van der Waals surface area contributed by atoms with E-state index in [1.807, 2.05) is 48.5 Å². The normalized spacial score (nSPS) is 17.5. The zero-order chi connectivity index (χ0) is 23.2. The van der Waals surface area contributed by atoms with Gasteiger partial charge in [-0.1, -0.05) is 43.3 Å². The van der Waals surface area contributed by atoms with Gasteiger partial charge in [0.05, 0.1) is 23.3 Å². The van der Waals surface area contributed by atoms with E-state index in [1.54, 1.807) is 11.0 Å². The third-order valence-corrected chi connectivity index (χ3v) is 8.43. The van der Waals surface area contributed by atoms with Gasteiger partial charge in [0, 0.05) is 18.8 Å². The van der Waals surface area contributed by atoms with Crippen molar-refractivity contribution in [3.63, 3.8) is 0 Å². The van der Waals surface area contributed by atoms with Crippen molar-refractivity contribution in [1.82, 2.24) is 0 Å². The Balaban J connectivity index is 1.55. The highest BCUT2D eigenvalue weighted by Gasteiger charge is 2.33. The molecule has 0 spiro atoms. The monoisotopic (exact) mass is 462 g/mol. The number of sulfonamides is 1. The Morgan fingerprint density at radius 3 is 2.48 bits per heavy atom. The number of carbonyl (C=O) groups excluding carboxylic acids is 1. The molecule has 1 amide bonds. The molecule has 1 atom stereocenters. The first-order valence-corrected chi connectivity index (χ1v) is 12.6. The van der Waals surface area contributed by atoms with Crippen LogP contribution in [0, 0.1) is 0 Å². The van der Waals surface area contributed by atoms with E-state index < -0.39 is 10.0 Å². The molecule has 33 heavy (non-hydrogen) atoms. The fraction of sp³-hybridized carbons (Fsp3) is 0.269. The summed E-state index contributed by atoms with van der Waals surface area (Å²) in [6, 6.07) is 19.9. The van der Waals surface area contributed by atoms with E-state index in [0.29, 0.717) is 36.9 Å². The third kappa shape index (κ3) is 3.56. The lowest BCUT2D eigenvalue weighted by molar-refractivity contribution is 0.0981. The van der Waals surface area contributed by atoms with Crippen molar-refractivity contribution < 1.29 is 17.9 Å². The summed E-state index contributed by atoms with van der Waals surface area (Å²) in [7, 11) is -2.34. The average Bonchev–Trinajstić information content (AvgIpc) is 3.29. The Bertz CT molecular complexity index is 1340. The van der Waals surface area contributed by atoms with Crippen molar-refractivity contribution in [2.75, 3.05) is 29.4 Å². The minimum absolute atomic E-state index is 0.0852. The molecule has 170 valence electrons. The minimum atomic E-state index is -3.83. The molecule has 7 heteroatoms. The SMILES string of the molecule is COc1ccc(S(=O)(=O)N2CCc3ccccc32)cc1C(=O)N1CCC(C)c2ccccc21. The van der Waals surface area contributed by atoms with E-state index in [-0.39, 0.29) is 16.4 Å². The third-order valence-electron chi connectivity index (χ3n) is 6.62. The second-order valence-corrected chi connectivity index (χ2v) is 10.4. The number of anilines is 2. The molecule has 0 aromatic heterocycles. The summed E-state index contributed by atoms with van der Waals surface area (Å²) in [5.41, 5.74) is 3.93. The lowest BCUT2D eigenvalue weighted by atomic mass is 9.91. The number of hydrogen-bond donors (Lipinski definition) is 0. The number of ether oxygens (including phenoxy) is 1. The molecule has 3 aromatic rings. The van der Waals surface area contributed by atoms with Gasteiger partial charge in [0.1, 0.15) is 5.75 Å². The topological polar surface area (TPSA) is 66.9 Å². The molecule has 0 aliphatic carbocycles. The maximum atomic E-state index is 13.7. The van der Waals surface area contributed by atoms with Gasteiger partial charge in [-0.15, -0.1) is 0 Å². The van der Waals surface area contributed by atoms with Gasteiger partial charge in [0.25, 0.3) is 15.9 Å². The zero-order valence-corrected chi connectivity index (χ0v) is 19.5. The molecule has 6 nitrogen and oxygen atoms in total. The number of amides is 1. The van der Waals surface area contributed by atoms with Crippen molar-refractivity contribution in [3.05, 3.63) is 83.4 Å². The highest BCUT2D eigenvalue weighted by Crippen LogP contribution is 2.38. The molecule has 2 aliphatic heterocycles.